The summed E-state index contributed by atoms with van der Waals surface area (Å²) < 4.78 is 10.6. The largest absolute Gasteiger partial charge is 1.00 e. The molecule has 70 heavy (non-hydrogen) atoms. The first-order chi connectivity index (χ1) is 33.8. The van der Waals surface area contributed by atoms with E-state index in [0.717, 1.165) is 95.5 Å². The third-order valence-corrected chi connectivity index (χ3v) is 10.6. The number of hydrogen-bond donors (Lipinski definition) is 0. The first-order valence-electron chi connectivity index (χ1n) is 25.9. The van der Waals surface area contributed by atoms with Crippen LogP contribution in [-0.4, -0.2) is 42.1 Å². The number of ether oxygens (including phenoxy) is 2. The average Bonchev–Trinajstić information content (AvgIpc) is 3.66. The van der Waals surface area contributed by atoms with Crippen LogP contribution in [-0.2, 0) is 19.1 Å². The molecule has 8 heteroatoms. The van der Waals surface area contributed by atoms with Gasteiger partial charge in [-0.3, -0.25) is 9.59 Å². The summed E-state index contributed by atoms with van der Waals surface area (Å²) in [5.41, 5.74) is 0.911. The van der Waals surface area contributed by atoms with E-state index in [2.05, 4.69) is 154 Å². The second kappa shape index (κ2) is 50.8. The molecule has 4 atom stereocenters. The van der Waals surface area contributed by atoms with E-state index in [1.165, 1.54) is 4.90 Å². The Balaban J connectivity index is 0. The molecule has 1 aromatic rings. The van der Waals surface area contributed by atoms with Crippen LogP contribution in [0, 0.1) is 11.8 Å². The van der Waals surface area contributed by atoms with Gasteiger partial charge in [-0.1, -0.05) is 211 Å². The van der Waals surface area contributed by atoms with Crippen molar-refractivity contribution in [2.75, 3.05) is 13.2 Å². The monoisotopic (exact) mass is 968 g/mol. The molecule has 1 aliphatic rings. The molecule has 0 aliphatic carbocycles. The molecule has 1 saturated heterocycles. The molecular weight excluding hydrogens is 878 g/mol. The zero-order valence-electron chi connectivity index (χ0n) is 44.7. The van der Waals surface area contributed by atoms with Crippen molar-refractivity contribution >= 4 is 18.0 Å². The smallest absolute Gasteiger partial charge is 0.855 e. The molecule has 0 bridgehead atoms. The molecule has 1 aromatic carbocycles. The molecule has 1 aliphatic heterocycles. The zero-order chi connectivity index (χ0) is 50.8. The Hall–Kier alpha value is -4.53. The van der Waals surface area contributed by atoms with Crippen LogP contribution in [0.5, 0.6) is 0 Å². The summed E-state index contributed by atoms with van der Waals surface area (Å²) in [6.07, 6.45) is 66.0. The Morgan fingerprint density at radius 3 is 1.17 bits per heavy atom. The van der Waals surface area contributed by atoms with Gasteiger partial charge in [-0.25, -0.2) is 9.69 Å². The fourth-order valence-electron chi connectivity index (χ4n) is 6.74. The number of carbonyl (C=O) groups excluding carboxylic acids is 3. The number of hydrogen-bond acceptors (Lipinski definition) is 6. The molecule has 380 valence electrons. The standard InChI is InChI=1S/C34H45NO3.C26H40O2.C2H5O.Na/c1-4-6-7-8-9-10-11-12-13-14-15-16-17-18-19-20-21-23-26-30(5-2)33(36)35-29(3)32(38-34(35)37)31-27-24-22-25-28-31;1-4-7-8-9-10-11-12-13-14-15-16-17-18-19-20-21-22-23-24-25(5-2)26(27)28-6-3;1-2-3;/h6-7,9-10,12-13,15-16,18-19,21-25,27-30,32H,4-5,8,11,14,17,20,26H2,1-3H3;7-8,10-11,13-14,16-17,19-20,22-23,25H,4-6,9,12,15,18,21,24H2,1-3H3;2H2,1H3;/q;;-1;+1/b7-6-,10-9-,13-12-,16-15-,19-18-,23-21-;8-7-,11-10-,14-13-,17-16-,20-19-,23-22-;;/t29-,30-,32-;25-;;/m11../s1. The summed E-state index contributed by atoms with van der Waals surface area (Å²) in [6.45, 7) is 14.1. The minimum Gasteiger partial charge on any atom is -0.855 e. The van der Waals surface area contributed by atoms with Gasteiger partial charge >= 0.3 is 41.6 Å². The molecule has 2 rings (SSSR count). The predicted octanol–water partition coefficient (Wildman–Crippen LogP) is 13.2. The molecule has 0 spiro atoms. The van der Waals surface area contributed by atoms with Gasteiger partial charge in [0.15, 0.2) is 0 Å². The van der Waals surface area contributed by atoms with E-state index in [4.69, 9.17) is 14.6 Å². The Morgan fingerprint density at radius 1 is 0.543 bits per heavy atom. The topological polar surface area (TPSA) is 96.0 Å². The average molecular weight is 968 g/mol. The number of benzene rings is 1. The summed E-state index contributed by atoms with van der Waals surface area (Å²) in [6, 6.07) is 9.28. The Morgan fingerprint density at radius 2 is 0.857 bits per heavy atom. The van der Waals surface area contributed by atoms with E-state index in [0.29, 0.717) is 19.4 Å². The first-order valence-corrected chi connectivity index (χ1v) is 25.9. The number of nitrogens with zero attached hydrogens (tertiary/aromatic N) is 1. The molecule has 0 radical (unpaired) electrons. The fourth-order valence-corrected chi connectivity index (χ4v) is 6.74. The van der Waals surface area contributed by atoms with E-state index in [-0.39, 0.29) is 65.9 Å². The number of esters is 1. The van der Waals surface area contributed by atoms with Gasteiger partial charge in [-0.05, 0) is 122 Å². The van der Waals surface area contributed by atoms with E-state index >= 15 is 0 Å². The van der Waals surface area contributed by atoms with Crippen molar-refractivity contribution < 1.29 is 58.5 Å². The van der Waals surface area contributed by atoms with Gasteiger partial charge in [0.2, 0.25) is 5.91 Å². The van der Waals surface area contributed by atoms with Crippen LogP contribution < -0.4 is 34.7 Å². The van der Waals surface area contributed by atoms with Gasteiger partial charge in [0.05, 0.1) is 18.6 Å². The molecular formula is C62H90NNaO6. The Labute approximate surface area is 448 Å². The molecule has 1 fully saturated rings. The van der Waals surface area contributed by atoms with Crippen LogP contribution in [0.4, 0.5) is 4.79 Å². The first kappa shape index (κ1) is 67.5. The summed E-state index contributed by atoms with van der Waals surface area (Å²) in [5, 5.41) is 8.93. The second-order valence-electron chi connectivity index (χ2n) is 16.2. The minimum absolute atomic E-state index is 0. The third kappa shape index (κ3) is 36.4. The van der Waals surface area contributed by atoms with Crippen LogP contribution >= 0.6 is 0 Å². The van der Waals surface area contributed by atoms with Crippen molar-refractivity contribution in [2.45, 2.75) is 163 Å². The normalized spacial score (nSPS) is 16.3. The maximum atomic E-state index is 13.1. The van der Waals surface area contributed by atoms with Crippen LogP contribution in [0.2, 0.25) is 0 Å². The maximum absolute atomic E-state index is 13.1. The SMILES string of the molecule is CC/C=C\C/C=C\C/C=C\C/C=C\C/C=C\C/C=C\C[C@@H](CC)C(=O)N1C(=O)O[C@@H](c2ccccc2)[C@H]1C.CC/C=C\C/C=C\C/C=C\C/C=C\C/C=C\C/C=C\C[C@@H](CC)C(=O)OCC.CC[O-].[Na+]. The van der Waals surface area contributed by atoms with Crippen LogP contribution in [0.3, 0.4) is 0 Å². The number of rotatable bonds is 32. The van der Waals surface area contributed by atoms with Crippen molar-refractivity contribution in [3.8, 4) is 0 Å². The van der Waals surface area contributed by atoms with Crippen LogP contribution in [0.15, 0.2) is 176 Å². The van der Waals surface area contributed by atoms with E-state index in [9.17, 15) is 14.4 Å². The number of allylic oxidation sites excluding steroid dienone is 24. The molecule has 0 N–H and O–H groups in total. The van der Waals surface area contributed by atoms with Gasteiger partial charge in [0.25, 0.3) is 0 Å². The third-order valence-electron chi connectivity index (χ3n) is 10.6. The molecule has 0 unspecified atom stereocenters. The number of amides is 2. The summed E-state index contributed by atoms with van der Waals surface area (Å²) in [5.74, 6) is -0.471. The molecule has 2 amide bonds. The number of imide groups is 1. The van der Waals surface area contributed by atoms with Crippen molar-refractivity contribution in [1.29, 1.82) is 0 Å². The molecule has 0 aromatic heterocycles. The van der Waals surface area contributed by atoms with Gasteiger partial charge in [0.1, 0.15) is 6.10 Å². The molecule has 0 saturated carbocycles. The summed E-state index contributed by atoms with van der Waals surface area (Å²) in [4.78, 5) is 38.7. The quantitative estimate of drug-likeness (QED) is 0.0405. The summed E-state index contributed by atoms with van der Waals surface area (Å²) in [7, 11) is 0. The molecule has 1 heterocycles. The fraction of sp³-hybridized carbons (Fsp3) is 0.468. The van der Waals surface area contributed by atoms with Crippen LogP contribution in [0.1, 0.15) is 163 Å². The number of cyclic esters (lactones) is 1. The van der Waals surface area contributed by atoms with Gasteiger partial charge in [0, 0.05) is 5.92 Å². The minimum atomic E-state index is -0.544. The van der Waals surface area contributed by atoms with Gasteiger partial charge in [-0.2, -0.15) is 0 Å². The van der Waals surface area contributed by atoms with Crippen molar-refractivity contribution in [2.24, 2.45) is 11.8 Å². The number of carbonyl (C=O) groups is 3. The zero-order valence-corrected chi connectivity index (χ0v) is 46.7. The van der Waals surface area contributed by atoms with Gasteiger partial charge < -0.3 is 14.6 Å². The maximum Gasteiger partial charge on any atom is 1.00 e. The van der Waals surface area contributed by atoms with E-state index < -0.39 is 12.2 Å². The van der Waals surface area contributed by atoms with E-state index in [1.807, 2.05) is 64.1 Å². The van der Waals surface area contributed by atoms with Crippen molar-refractivity contribution in [1.82, 2.24) is 4.90 Å². The van der Waals surface area contributed by atoms with E-state index in [1.54, 1.807) is 6.92 Å². The Kier molecular flexibility index (Phi) is 49.1. The van der Waals surface area contributed by atoms with Crippen LogP contribution in [0.25, 0.3) is 0 Å². The van der Waals surface area contributed by atoms with Gasteiger partial charge in [-0.15, -0.1) is 6.61 Å². The second-order valence-corrected chi connectivity index (χ2v) is 16.2. The Bertz CT molecular complexity index is 1810. The van der Waals surface area contributed by atoms with Crippen molar-refractivity contribution in [3.63, 3.8) is 0 Å². The van der Waals surface area contributed by atoms with Crippen molar-refractivity contribution in [3.05, 3.63) is 182 Å². The predicted molar refractivity (Wildman–Crippen MR) is 292 cm³/mol. The summed E-state index contributed by atoms with van der Waals surface area (Å²) >= 11 is 0. The molecule has 7 nitrogen and oxygen atoms in total.